The Labute approximate surface area is 133 Å². The molecule has 1 amide bonds. The molecule has 1 heterocycles. The van der Waals surface area contributed by atoms with E-state index >= 15 is 0 Å². The van der Waals surface area contributed by atoms with Crippen molar-refractivity contribution < 1.29 is 13.2 Å². The molecule has 7 nitrogen and oxygen atoms in total. The minimum absolute atomic E-state index is 0.0922. The third-order valence-corrected chi connectivity index (χ3v) is 6.01. The quantitative estimate of drug-likeness (QED) is 0.548. The summed E-state index contributed by atoms with van der Waals surface area (Å²) in [4.78, 5) is 17.9. The van der Waals surface area contributed by atoms with E-state index < -0.39 is 14.6 Å². The van der Waals surface area contributed by atoms with Gasteiger partial charge in [0, 0.05) is 25.7 Å². The average molecular weight is 332 g/mol. The van der Waals surface area contributed by atoms with E-state index in [4.69, 9.17) is 0 Å². The minimum atomic E-state index is -3.09. The van der Waals surface area contributed by atoms with Crippen LogP contribution >= 0.6 is 0 Å². The number of nitrogens with zero attached hydrogens (tertiary/aromatic N) is 2. The summed E-state index contributed by atoms with van der Waals surface area (Å²) in [6.45, 7) is 10.0. The molecule has 8 heteroatoms. The number of sulfone groups is 1. The van der Waals surface area contributed by atoms with Crippen molar-refractivity contribution in [3.05, 3.63) is 0 Å². The lowest BCUT2D eigenvalue weighted by Crippen LogP contribution is -2.58. The van der Waals surface area contributed by atoms with E-state index in [9.17, 15) is 13.2 Å². The molecule has 1 aliphatic rings. The topological polar surface area (TPSA) is 90.9 Å². The zero-order valence-corrected chi connectivity index (χ0v) is 15.2. The molecule has 0 aliphatic carbocycles. The Balaban J connectivity index is 2.65. The average Bonchev–Trinajstić information content (AvgIpc) is 2.32. The van der Waals surface area contributed by atoms with Crippen LogP contribution in [-0.2, 0) is 14.6 Å². The number of guanidine groups is 1. The Kier molecular flexibility index (Phi) is 5.48. The van der Waals surface area contributed by atoms with Gasteiger partial charge in [0.2, 0.25) is 5.91 Å². The number of carbonyl (C=O) groups is 1. The largest absolute Gasteiger partial charge is 0.350 e. The van der Waals surface area contributed by atoms with E-state index in [0.717, 1.165) is 0 Å². The summed E-state index contributed by atoms with van der Waals surface area (Å²) in [5, 5.41) is 5.86. The SMILES string of the molecule is CN=C(NCC(=O)NC(C)(C)C)N1CCS(=O)(=O)C(C)(C)C1. The zero-order chi connectivity index (χ0) is 17.2. The van der Waals surface area contributed by atoms with Gasteiger partial charge < -0.3 is 15.5 Å². The van der Waals surface area contributed by atoms with Gasteiger partial charge in [-0.05, 0) is 34.6 Å². The standard InChI is InChI=1S/C14H28N4O3S/c1-13(2,3)17-11(19)9-16-12(15-6)18-7-8-22(20,21)14(4,5)10-18/h7-10H2,1-6H3,(H,15,16)(H,17,19). The number of aliphatic imine (C=N–C) groups is 1. The van der Waals surface area contributed by atoms with Crippen LogP contribution in [0, 0.1) is 0 Å². The van der Waals surface area contributed by atoms with Crippen LogP contribution in [0.15, 0.2) is 4.99 Å². The lowest BCUT2D eigenvalue weighted by Gasteiger charge is -2.39. The van der Waals surface area contributed by atoms with Crippen molar-refractivity contribution in [2.45, 2.75) is 44.9 Å². The van der Waals surface area contributed by atoms with E-state index in [-0.39, 0.29) is 23.7 Å². The van der Waals surface area contributed by atoms with Gasteiger partial charge >= 0.3 is 0 Å². The predicted octanol–water partition coefficient (Wildman–Crippen LogP) is -0.0145. The van der Waals surface area contributed by atoms with Crippen LogP contribution in [0.4, 0.5) is 0 Å². The highest BCUT2D eigenvalue weighted by Gasteiger charge is 2.41. The molecule has 128 valence electrons. The van der Waals surface area contributed by atoms with E-state index in [1.54, 1.807) is 20.9 Å². The van der Waals surface area contributed by atoms with Gasteiger partial charge in [0.05, 0.1) is 17.0 Å². The highest BCUT2D eigenvalue weighted by molar-refractivity contribution is 7.92. The Bertz CT molecular complexity index is 547. The molecular weight excluding hydrogens is 304 g/mol. The molecule has 0 spiro atoms. The van der Waals surface area contributed by atoms with Gasteiger partial charge in [-0.3, -0.25) is 9.79 Å². The number of hydrogen-bond donors (Lipinski definition) is 2. The Morgan fingerprint density at radius 3 is 2.36 bits per heavy atom. The van der Waals surface area contributed by atoms with Crippen LogP contribution in [0.1, 0.15) is 34.6 Å². The lowest BCUT2D eigenvalue weighted by molar-refractivity contribution is -0.121. The maximum atomic E-state index is 12.0. The van der Waals surface area contributed by atoms with Gasteiger partial charge in [-0.2, -0.15) is 0 Å². The molecule has 1 aliphatic heterocycles. The van der Waals surface area contributed by atoms with Gasteiger partial charge in [-0.1, -0.05) is 0 Å². The number of nitrogens with one attached hydrogen (secondary N) is 2. The Hall–Kier alpha value is -1.31. The monoisotopic (exact) mass is 332 g/mol. The molecule has 0 unspecified atom stereocenters. The number of rotatable bonds is 2. The number of hydrogen-bond acceptors (Lipinski definition) is 4. The Morgan fingerprint density at radius 1 is 1.32 bits per heavy atom. The molecule has 0 aromatic rings. The van der Waals surface area contributed by atoms with Gasteiger partial charge in [0.25, 0.3) is 0 Å². The molecule has 0 atom stereocenters. The molecule has 0 radical (unpaired) electrons. The van der Waals surface area contributed by atoms with E-state index in [0.29, 0.717) is 19.0 Å². The summed E-state index contributed by atoms with van der Waals surface area (Å²) in [7, 11) is -1.47. The van der Waals surface area contributed by atoms with Crippen LogP contribution in [0.25, 0.3) is 0 Å². The van der Waals surface area contributed by atoms with Crippen molar-refractivity contribution >= 4 is 21.7 Å². The van der Waals surface area contributed by atoms with Crippen LogP contribution < -0.4 is 10.6 Å². The normalized spacial score (nSPS) is 21.4. The first kappa shape index (κ1) is 18.7. The van der Waals surface area contributed by atoms with Crippen molar-refractivity contribution in [2.75, 3.05) is 32.4 Å². The highest BCUT2D eigenvalue weighted by atomic mass is 32.2. The fourth-order valence-corrected chi connectivity index (χ4v) is 3.64. The van der Waals surface area contributed by atoms with Crippen molar-refractivity contribution in [2.24, 2.45) is 4.99 Å². The smallest absolute Gasteiger partial charge is 0.239 e. The molecule has 1 rings (SSSR count). The second-order valence-electron chi connectivity index (χ2n) is 7.20. The molecule has 0 aromatic heterocycles. The number of amides is 1. The molecule has 2 N–H and O–H groups in total. The van der Waals surface area contributed by atoms with Crippen LogP contribution in [0.3, 0.4) is 0 Å². The van der Waals surface area contributed by atoms with Crippen molar-refractivity contribution in [3.63, 3.8) is 0 Å². The molecule has 1 fully saturated rings. The molecular formula is C14H28N4O3S. The van der Waals surface area contributed by atoms with Gasteiger partial charge in [0.1, 0.15) is 0 Å². The summed E-state index contributed by atoms with van der Waals surface area (Å²) < 4.78 is 23.2. The first-order chi connectivity index (χ1) is 9.88. The van der Waals surface area contributed by atoms with Crippen LogP contribution in [0.5, 0.6) is 0 Å². The van der Waals surface area contributed by atoms with Crippen molar-refractivity contribution in [1.29, 1.82) is 0 Å². The molecule has 1 saturated heterocycles. The second-order valence-corrected chi connectivity index (χ2v) is 9.94. The maximum Gasteiger partial charge on any atom is 0.239 e. The van der Waals surface area contributed by atoms with Crippen LogP contribution in [0.2, 0.25) is 0 Å². The summed E-state index contributed by atoms with van der Waals surface area (Å²) in [6.07, 6.45) is 0. The summed E-state index contributed by atoms with van der Waals surface area (Å²) >= 11 is 0. The van der Waals surface area contributed by atoms with Gasteiger partial charge in [-0.25, -0.2) is 8.42 Å². The van der Waals surface area contributed by atoms with Crippen molar-refractivity contribution in [1.82, 2.24) is 15.5 Å². The fraction of sp³-hybridized carbons (Fsp3) is 0.857. The van der Waals surface area contributed by atoms with E-state index in [1.165, 1.54) is 0 Å². The first-order valence-electron chi connectivity index (χ1n) is 7.37. The third kappa shape index (κ3) is 4.86. The van der Waals surface area contributed by atoms with Crippen LogP contribution in [-0.4, -0.2) is 67.9 Å². The molecule has 22 heavy (non-hydrogen) atoms. The zero-order valence-electron chi connectivity index (χ0n) is 14.4. The highest BCUT2D eigenvalue weighted by Crippen LogP contribution is 2.23. The minimum Gasteiger partial charge on any atom is -0.350 e. The fourth-order valence-electron chi connectivity index (χ4n) is 2.28. The first-order valence-corrected chi connectivity index (χ1v) is 9.02. The van der Waals surface area contributed by atoms with Crippen molar-refractivity contribution in [3.8, 4) is 0 Å². The molecule has 0 saturated carbocycles. The van der Waals surface area contributed by atoms with E-state index in [2.05, 4.69) is 15.6 Å². The summed E-state index contributed by atoms with van der Waals surface area (Å²) in [6, 6.07) is 0. The molecule has 0 aromatic carbocycles. The Morgan fingerprint density at radius 2 is 1.91 bits per heavy atom. The van der Waals surface area contributed by atoms with Gasteiger partial charge in [-0.15, -0.1) is 0 Å². The summed E-state index contributed by atoms with van der Waals surface area (Å²) in [5.74, 6) is 0.513. The third-order valence-electron chi connectivity index (χ3n) is 3.48. The number of carbonyl (C=O) groups excluding carboxylic acids is 1. The van der Waals surface area contributed by atoms with Gasteiger partial charge in [0.15, 0.2) is 15.8 Å². The maximum absolute atomic E-state index is 12.0. The lowest BCUT2D eigenvalue weighted by atomic mass is 10.1. The molecule has 0 bridgehead atoms. The van der Waals surface area contributed by atoms with E-state index in [1.807, 2.05) is 25.7 Å². The summed E-state index contributed by atoms with van der Waals surface area (Å²) in [5.41, 5.74) is -0.288. The second kappa shape index (κ2) is 6.44. The predicted molar refractivity (Wildman–Crippen MR) is 88.7 cm³/mol.